The SMILES string of the molecule is Cc1ccc(CNNC(=O)c2cc(Oc3ccc(NC(=O)Nc4ccc(C)c(Cl)c4)cc3)ccn2)cc1. The third-order valence-electron chi connectivity index (χ3n) is 5.36. The number of halogens is 1. The quantitative estimate of drug-likeness (QED) is 0.208. The van der Waals surface area contributed by atoms with Crippen molar-refractivity contribution in [1.29, 1.82) is 0 Å². The number of urea groups is 1. The number of nitrogens with zero attached hydrogens (tertiary/aromatic N) is 1. The first kappa shape index (κ1) is 25.7. The van der Waals surface area contributed by atoms with Gasteiger partial charge in [-0.25, -0.2) is 10.2 Å². The highest BCUT2D eigenvalue weighted by molar-refractivity contribution is 6.31. The number of benzene rings is 3. The maximum atomic E-state index is 12.5. The van der Waals surface area contributed by atoms with E-state index in [0.717, 1.165) is 11.1 Å². The molecule has 0 unspecified atom stereocenters. The van der Waals surface area contributed by atoms with Gasteiger partial charge in [0.25, 0.3) is 5.91 Å². The molecule has 3 aromatic carbocycles. The molecule has 4 rings (SSSR count). The molecular weight excluding hydrogens is 490 g/mol. The van der Waals surface area contributed by atoms with Crippen molar-refractivity contribution >= 4 is 34.9 Å². The lowest BCUT2D eigenvalue weighted by molar-refractivity contribution is 0.0927. The zero-order chi connectivity index (χ0) is 26.2. The van der Waals surface area contributed by atoms with E-state index in [9.17, 15) is 9.59 Å². The lowest BCUT2D eigenvalue weighted by atomic mass is 10.1. The van der Waals surface area contributed by atoms with E-state index in [1.165, 1.54) is 11.8 Å². The van der Waals surface area contributed by atoms with E-state index in [0.29, 0.717) is 34.4 Å². The molecule has 4 aromatic rings. The molecular formula is C28H26ClN5O3. The van der Waals surface area contributed by atoms with Crippen molar-refractivity contribution in [1.82, 2.24) is 15.8 Å². The van der Waals surface area contributed by atoms with Crippen molar-refractivity contribution in [3.63, 3.8) is 0 Å². The van der Waals surface area contributed by atoms with Gasteiger partial charge >= 0.3 is 6.03 Å². The number of aryl methyl sites for hydroxylation is 2. The first-order valence-electron chi connectivity index (χ1n) is 11.5. The highest BCUT2D eigenvalue weighted by Gasteiger charge is 2.09. The van der Waals surface area contributed by atoms with E-state index in [-0.39, 0.29) is 11.6 Å². The average Bonchev–Trinajstić information content (AvgIpc) is 2.89. The first-order chi connectivity index (χ1) is 17.9. The molecule has 0 fully saturated rings. The Morgan fingerprint density at radius 1 is 0.838 bits per heavy atom. The number of hydrogen-bond donors (Lipinski definition) is 4. The van der Waals surface area contributed by atoms with Crippen LogP contribution in [0.25, 0.3) is 0 Å². The van der Waals surface area contributed by atoms with Gasteiger partial charge in [0.05, 0.1) is 0 Å². The van der Waals surface area contributed by atoms with Gasteiger partial charge in [0.15, 0.2) is 0 Å². The fourth-order valence-electron chi connectivity index (χ4n) is 3.30. The number of rotatable bonds is 8. The van der Waals surface area contributed by atoms with Crippen LogP contribution in [0.4, 0.5) is 16.2 Å². The fourth-order valence-corrected chi connectivity index (χ4v) is 3.48. The van der Waals surface area contributed by atoms with Crippen molar-refractivity contribution in [3.8, 4) is 11.5 Å². The molecule has 4 N–H and O–H groups in total. The lowest BCUT2D eigenvalue weighted by Crippen LogP contribution is -2.37. The van der Waals surface area contributed by atoms with Crippen LogP contribution in [0.2, 0.25) is 5.02 Å². The fraction of sp³-hybridized carbons (Fsp3) is 0.107. The van der Waals surface area contributed by atoms with Crippen LogP contribution >= 0.6 is 11.6 Å². The van der Waals surface area contributed by atoms with Crippen LogP contribution in [0.15, 0.2) is 85.1 Å². The molecule has 1 heterocycles. The van der Waals surface area contributed by atoms with Crippen molar-refractivity contribution in [2.75, 3.05) is 10.6 Å². The van der Waals surface area contributed by atoms with E-state index in [1.807, 2.05) is 44.2 Å². The number of amides is 3. The summed E-state index contributed by atoms with van der Waals surface area (Å²) in [7, 11) is 0. The molecule has 37 heavy (non-hydrogen) atoms. The number of carbonyl (C=O) groups excluding carboxylic acids is 2. The molecule has 0 atom stereocenters. The van der Waals surface area contributed by atoms with E-state index in [4.69, 9.17) is 16.3 Å². The van der Waals surface area contributed by atoms with Crippen LogP contribution in [-0.2, 0) is 6.54 Å². The maximum absolute atomic E-state index is 12.5. The molecule has 188 valence electrons. The van der Waals surface area contributed by atoms with Gasteiger partial charge in [-0.3, -0.25) is 15.2 Å². The molecule has 0 radical (unpaired) electrons. The van der Waals surface area contributed by atoms with Crippen molar-refractivity contribution < 1.29 is 14.3 Å². The summed E-state index contributed by atoms with van der Waals surface area (Å²) in [5, 5.41) is 6.07. The van der Waals surface area contributed by atoms with Gasteiger partial charge in [0.1, 0.15) is 17.2 Å². The second-order valence-corrected chi connectivity index (χ2v) is 8.75. The van der Waals surface area contributed by atoms with Crippen LogP contribution in [0.3, 0.4) is 0 Å². The Balaban J connectivity index is 1.28. The highest BCUT2D eigenvalue weighted by Crippen LogP contribution is 2.24. The summed E-state index contributed by atoms with van der Waals surface area (Å²) < 4.78 is 5.85. The second-order valence-electron chi connectivity index (χ2n) is 8.34. The number of carbonyl (C=O) groups is 2. The Labute approximate surface area is 220 Å². The van der Waals surface area contributed by atoms with Gasteiger partial charge in [-0.1, -0.05) is 47.5 Å². The topological polar surface area (TPSA) is 104 Å². The lowest BCUT2D eigenvalue weighted by Gasteiger charge is -2.11. The number of hydrogen-bond acceptors (Lipinski definition) is 5. The van der Waals surface area contributed by atoms with Crippen LogP contribution in [0.1, 0.15) is 27.2 Å². The summed E-state index contributed by atoms with van der Waals surface area (Å²) in [5.41, 5.74) is 10.1. The highest BCUT2D eigenvalue weighted by atomic mass is 35.5. The summed E-state index contributed by atoms with van der Waals surface area (Å²) in [6, 6.07) is 23.0. The Morgan fingerprint density at radius 3 is 2.27 bits per heavy atom. The minimum atomic E-state index is -0.394. The van der Waals surface area contributed by atoms with Crippen molar-refractivity contribution in [2.24, 2.45) is 0 Å². The summed E-state index contributed by atoms with van der Waals surface area (Å²) in [6.07, 6.45) is 1.50. The van der Waals surface area contributed by atoms with Gasteiger partial charge in [-0.05, 0) is 67.4 Å². The molecule has 1 aromatic heterocycles. The van der Waals surface area contributed by atoms with Crippen LogP contribution in [0, 0.1) is 13.8 Å². The first-order valence-corrected chi connectivity index (χ1v) is 11.9. The standard InChI is InChI=1S/C28H26ClN5O3/c1-18-3-6-20(7-4-18)17-31-34-27(35)26-16-24(13-14-30-26)37-23-11-9-21(10-12-23)32-28(36)33-22-8-5-19(2)25(29)15-22/h3-16,31H,17H2,1-2H3,(H,34,35)(H2,32,33,36). The summed E-state index contributed by atoms with van der Waals surface area (Å²) in [5.74, 6) is 0.609. The largest absolute Gasteiger partial charge is 0.457 e. The molecule has 0 aliphatic rings. The second kappa shape index (κ2) is 12.0. The van der Waals surface area contributed by atoms with Crippen LogP contribution in [0.5, 0.6) is 11.5 Å². The number of pyridine rings is 1. The normalized spacial score (nSPS) is 10.5. The molecule has 0 spiro atoms. The number of anilines is 2. The monoisotopic (exact) mass is 515 g/mol. The predicted molar refractivity (Wildman–Crippen MR) is 145 cm³/mol. The Kier molecular flexibility index (Phi) is 8.35. The molecule has 8 nitrogen and oxygen atoms in total. The molecule has 0 saturated heterocycles. The maximum Gasteiger partial charge on any atom is 0.323 e. The third kappa shape index (κ3) is 7.54. The molecule has 0 saturated carbocycles. The van der Waals surface area contributed by atoms with Gasteiger partial charge in [-0.2, -0.15) is 0 Å². The summed E-state index contributed by atoms with van der Waals surface area (Å²) in [6.45, 7) is 4.40. The summed E-state index contributed by atoms with van der Waals surface area (Å²) >= 11 is 6.10. The van der Waals surface area contributed by atoms with Crippen LogP contribution < -0.4 is 26.2 Å². The van der Waals surface area contributed by atoms with Crippen molar-refractivity contribution in [3.05, 3.63) is 112 Å². The Bertz CT molecular complexity index is 1390. The summed E-state index contributed by atoms with van der Waals surface area (Å²) in [4.78, 5) is 28.9. The van der Waals surface area contributed by atoms with Gasteiger partial charge in [-0.15, -0.1) is 0 Å². The number of ether oxygens (including phenoxy) is 1. The zero-order valence-electron chi connectivity index (χ0n) is 20.3. The minimum Gasteiger partial charge on any atom is -0.457 e. The third-order valence-corrected chi connectivity index (χ3v) is 5.76. The molecule has 9 heteroatoms. The van der Waals surface area contributed by atoms with Crippen molar-refractivity contribution in [2.45, 2.75) is 20.4 Å². The van der Waals surface area contributed by atoms with E-state index in [1.54, 1.807) is 48.5 Å². The Hall–Kier alpha value is -4.40. The number of aromatic nitrogens is 1. The van der Waals surface area contributed by atoms with E-state index < -0.39 is 6.03 Å². The van der Waals surface area contributed by atoms with E-state index >= 15 is 0 Å². The molecule has 0 aliphatic heterocycles. The average molecular weight is 516 g/mol. The molecule has 3 amide bonds. The predicted octanol–water partition coefficient (Wildman–Crippen LogP) is 6.22. The Morgan fingerprint density at radius 2 is 1.54 bits per heavy atom. The smallest absolute Gasteiger partial charge is 0.323 e. The van der Waals surface area contributed by atoms with Gasteiger partial charge in [0, 0.05) is 35.2 Å². The molecule has 0 aliphatic carbocycles. The molecule has 0 bridgehead atoms. The zero-order valence-corrected chi connectivity index (χ0v) is 21.1. The number of nitrogens with one attached hydrogen (secondary N) is 4. The van der Waals surface area contributed by atoms with Gasteiger partial charge < -0.3 is 15.4 Å². The van der Waals surface area contributed by atoms with Crippen LogP contribution in [-0.4, -0.2) is 16.9 Å². The van der Waals surface area contributed by atoms with E-state index in [2.05, 4.69) is 26.5 Å². The minimum absolute atomic E-state index is 0.208. The number of hydrazine groups is 1. The van der Waals surface area contributed by atoms with Gasteiger partial charge in [0.2, 0.25) is 0 Å².